The van der Waals surface area contributed by atoms with Crippen molar-refractivity contribution in [1.82, 2.24) is 4.72 Å². The predicted octanol–water partition coefficient (Wildman–Crippen LogP) is 4.00. The first-order chi connectivity index (χ1) is 14.3. The highest BCUT2D eigenvalue weighted by Crippen LogP contribution is 2.31. The van der Waals surface area contributed by atoms with Crippen LogP contribution in [0, 0.1) is 0 Å². The predicted molar refractivity (Wildman–Crippen MR) is 118 cm³/mol. The second-order valence-corrected chi connectivity index (χ2v) is 10.1. The Hall–Kier alpha value is -2.23. The van der Waals surface area contributed by atoms with Crippen LogP contribution in [0.3, 0.4) is 0 Å². The van der Waals surface area contributed by atoms with Crippen LogP contribution < -0.4 is 4.72 Å². The number of hydrogen-bond acceptors (Lipinski definition) is 5. The molecule has 9 heteroatoms. The molecule has 1 aromatic heterocycles. The summed E-state index contributed by atoms with van der Waals surface area (Å²) in [4.78, 5) is 12.5. The van der Waals surface area contributed by atoms with Gasteiger partial charge in [0.15, 0.2) is 0 Å². The summed E-state index contributed by atoms with van der Waals surface area (Å²) in [6.45, 7) is -0.259. The van der Waals surface area contributed by atoms with Gasteiger partial charge in [-0.05, 0) is 53.8 Å². The summed E-state index contributed by atoms with van der Waals surface area (Å²) in [6.07, 6.45) is 7.69. The number of rotatable bonds is 8. The number of carboxylic acids is 1. The van der Waals surface area contributed by atoms with Gasteiger partial charge in [0.05, 0.1) is 6.61 Å². The molecule has 0 fully saturated rings. The van der Waals surface area contributed by atoms with E-state index in [2.05, 4.69) is 4.72 Å². The number of halogens is 1. The molecule has 6 nitrogen and oxygen atoms in total. The van der Waals surface area contributed by atoms with Gasteiger partial charge in [-0.25, -0.2) is 8.42 Å². The minimum absolute atomic E-state index is 0.0198. The standard InChI is InChI=1S/C21H20ClNO5S2/c22-17-8-6-14(7-9-17)19-10-11-20(29-19)30(27,28)23-18(21(25)26)12-15-4-2-1-3-5-16(15)13-24/h2-11,18,23-24H,1,12-13H2,(H,25,26). The molecule has 3 rings (SSSR count). The van der Waals surface area contributed by atoms with E-state index >= 15 is 0 Å². The van der Waals surface area contributed by atoms with Crippen LogP contribution in [-0.4, -0.2) is 37.2 Å². The molecular formula is C21H20ClNO5S2. The summed E-state index contributed by atoms with van der Waals surface area (Å²) in [5.74, 6) is -1.29. The summed E-state index contributed by atoms with van der Waals surface area (Å²) in [6, 6.07) is 8.74. The van der Waals surface area contributed by atoms with Crippen LogP contribution >= 0.6 is 22.9 Å². The molecule has 1 atom stereocenters. The molecule has 3 N–H and O–H groups in total. The number of sulfonamides is 1. The number of aliphatic carboxylic acids is 1. The Morgan fingerprint density at radius 2 is 1.77 bits per heavy atom. The highest BCUT2D eigenvalue weighted by Gasteiger charge is 2.28. The number of nitrogens with one attached hydrogen (secondary N) is 1. The maximum Gasteiger partial charge on any atom is 0.322 e. The van der Waals surface area contributed by atoms with Gasteiger partial charge in [0.25, 0.3) is 10.0 Å². The summed E-state index contributed by atoms with van der Waals surface area (Å²) in [7, 11) is -4.05. The molecule has 1 unspecified atom stereocenters. The van der Waals surface area contributed by atoms with E-state index in [1.54, 1.807) is 42.5 Å². The van der Waals surface area contributed by atoms with Crippen LogP contribution in [0.1, 0.15) is 12.8 Å². The molecular weight excluding hydrogens is 446 g/mol. The molecule has 30 heavy (non-hydrogen) atoms. The molecule has 0 aliphatic heterocycles. The fourth-order valence-electron chi connectivity index (χ4n) is 2.95. The third-order valence-corrected chi connectivity index (χ3v) is 7.84. The molecule has 0 spiro atoms. The number of carboxylic acid groups (broad SMARTS) is 1. The molecule has 1 aliphatic carbocycles. The van der Waals surface area contributed by atoms with E-state index in [1.807, 2.05) is 12.2 Å². The van der Waals surface area contributed by atoms with E-state index in [1.165, 1.54) is 6.07 Å². The van der Waals surface area contributed by atoms with E-state index in [9.17, 15) is 23.4 Å². The Labute approximate surface area is 183 Å². The van der Waals surface area contributed by atoms with Gasteiger partial charge in [-0.1, -0.05) is 48.0 Å². The zero-order chi connectivity index (χ0) is 21.7. The number of thiophene rings is 1. The molecule has 0 saturated carbocycles. The number of aliphatic hydroxyl groups is 1. The number of benzene rings is 1. The minimum atomic E-state index is -4.05. The first kappa shape index (κ1) is 22.5. The van der Waals surface area contributed by atoms with Gasteiger partial charge < -0.3 is 10.2 Å². The second kappa shape index (κ2) is 9.72. The van der Waals surface area contributed by atoms with E-state index in [4.69, 9.17) is 11.6 Å². The smallest absolute Gasteiger partial charge is 0.322 e. The van der Waals surface area contributed by atoms with E-state index in [0.717, 1.165) is 21.8 Å². The number of carbonyl (C=O) groups is 1. The van der Waals surface area contributed by atoms with Crippen molar-refractivity contribution >= 4 is 38.9 Å². The average molecular weight is 466 g/mol. The molecule has 2 aromatic rings. The highest BCUT2D eigenvalue weighted by molar-refractivity contribution is 7.91. The lowest BCUT2D eigenvalue weighted by Gasteiger charge is -2.16. The number of allylic oxidation sites excluding steroid dienone is 3. The zero-order valence-corrected chi connectivity index (χ0v) is 18.2. The van der Waals surface area contributed by atoms with E-state index < -0.39 is 22.0 Å². The van der Waals surface area contributed by atoms with Crippen molar-refractivity contribution in [3.8, 4) is 10.4 Å². The van der Waals surface area contributed by atoms with Crippen LogP contribution in [-0.2, 0) is 14.8 Å². The van der Waals surface area contributed by atoms with Crippen LogP contribution in [0.25, 0.3) is 10.4 Å². The normalized spacial score (nSPS) is 15.3. The van der Waals surface area contributed by atoms with Gasteiger partial charge in [-0.2, -0.15) is 4.72 Å². The third-order valence-electron chi connectivity index (χ3n) is 4.49. The lowest BCUT2D eigenvalue weighted by Crippen LogP contribution is -2.40. The molecule has 0 bridgehead atoms. The molecule has 0 saturated heterocycles. The van der Waals surface area contributed by atoms with Crippen molar-refractivity contribution < 1.29 is 23.4 Å². The largest absolute Gasteiger partial charge is 0.480 e. The molecule has 0 radical (unpaired) electrons. The minimum Gasteiger partial charge on any atom is -0.480 e. The Morgan fingerprint density at radius 3 is 2.40 bits per heavy atom. The van der Waals surface area contributed by atoms with Crippen molar-refractivity contribution in [3.63, 3.8) is 0 Å². The monoisotopic (exact) mass is 465 g/mol. The first-order valence-corrected chi connectivity index (χ1v) is 11.7. The number of hydrogen-bond donors (Lipinski definition) is 3. The molecule has 1 aliphatic rings. The average Bonchev–Trinajstić information content (AvgIpc) is 3.10. The van der Waals surface area contributed by atoms with Crippen LogP contribution in [0.5, 0.6) is 0 Å². The van der Waals surface area contributed by atoms with Gasteiger partial charge >= 0.3 is 5.97 Å². The van der Waals surface area contributed by atoms with Crippen LogP contribution in [0.2, 0.25) is 5.02 Å². The summed E-state index contributed by atoms with van der Waals surface area (Å²) in [5, 5.41) is 19.7. The van der Waals surface area contributed by atoms with Crippen molar-refractivity contribution in [1.29, 1.82) is 0 Å². The Balaban J connectivity index is 1.83. The lowest BCUT2D eigenvalue weighted by atomic mass is 10.0. The second-order valence-electron chi connectivity index (χ2n) is 6.59. The topological polar surface area (TPSA) is 104 Å². The van der Waals surface area contributed by atoms with Crippen molar-refractivity contribution in [3.05, 3.63) is 76.9 Å². The third kappa shape index (κ3) is 5.47. The Morgan fingerprint density at radius 1 is 1.10 bits per heavy atom. The maximum absolute atomic E-state index is 12.8. The van der Waals surface area contributed by atoms with Crippen molar-refractivity contribution in [2.24, 2.45) is 0 Å². The molecule has 1 aromatic carbocycles. The van der Waals surface area contributed by atoms with Crippen LogP contribution in [0.15, 0.2) is 76.1 Å². The fourth-order valence-corrected chi connectivity index (χ4v) is 5.59. The van der Waals surface area contributed by atoms with E-state index in [0.29, 0.717) is 22.6 Å². The van der Waals surface area contributed by atoms with Gasteiger partial charge in [0.1, 0.15) is 10.3 Å². The lowest BCUT2D eigenvalue weighted by molar-refractivity contribution is -0.138. The van der Waals surface area contributed by atoms with Gasteiger partial charge in [-0.3, -0.25) is 4.79 Å². The van der Waals surface area contributed by atoms with E-state index in [-0.39, 0.29) is 17.2 Å². The Bertz CT molecular complexity index is 1110. The summed E-state index contributed by atoms with van der Waals surface area (Å²) >= 11 is 6.93. The van der Waals surface area contributed by atoms with Gasteiger partial charge in [0, 0.05) is 9.90 Å². The Kier molecular flexibility index (Phi) is 7.27. The first-order valence-electron chi connectivity index (χ1n) is 9.07. The van der Waals surface area contributed by atoms with Gasteiger partial charge in [0.2, 0.25) is 0 Å². The van der Waals surface area contributed by atoms with Crippen molar-refractivity contribution in [2.75, 3.05) is 6.61 Å². The summed E-state index contributed by atoms with van der Waals surface area (Å²) in [5.41, 5.74) is 1.96. The SMILES string of the molecule is O=C(O)C(CC1=C(CO)C=CCC=C1)NS(=O)(=O)c1ccc(-c2ccc(Cl)cc2)s1. The maximum atomic E-state index is 12.8. The zero-order valence-electron chi connectivity index (χ0n) is 15.8. The van der Waals surface area contributed by atoms with Crippen molar-refractivity contribution in [2.45, 2.75) is 23.1 Å². The fraction of sp³-hybridized carbons (Fsp3) is 0.190. The number of aliphatic hydroxyl groups excluding tert-OH is 1. The molecule has 158 valence electrons. The highest BCUT2D eigenvalue weighted by atomic mass is 35.5. The molecule has 0 amide bonds. The summed E-state index contributed by atoms with van der Waals surface area (Å²) < 4.78 is 28.0. The van der Waals surface area contributed by atoms with Gasteiger partial charge in [-0.15, -0.1) is 11.3 Å². The molecule has 1 heterocycles. The quantitative estimate of drug-likeness (QED) is 0.546. The van der Waals surface area contributed by atoms with Crippen LogP contribution in [0.4, 0.5) is 0 Å².